The number of nitrogens with two attached hydrogens (primary N) is 1. The lowest BCUT2D eigenvalue weighted by atomic mass is 10.1. The normalized spacial score (nSPS) is 13.8. The van der Waals surface area contributed by atoms with Crippen LogP contribution in [0.2, 0.25) is 5.02 Å². The first kappa shape index (κ1) is 15.2. The van der Waals surface area contributed by atoms with E-state index >= 15 is 0 Å². The molecule has 0 fully saturated rings. The Bertz CT molecular complexity index is 539. The standard InChI is InChI=1S/C16H18ClNOS/c1-11(18)16(12-3-5-13(17)6-4-12)20-15-9-7-14(19-2)8-10-15/h3-11,16H,18H2,1-2H3. The SMILES string of the molecule is COc1ccc(SC(c2ccc(Cl)cc2)C(C)N)cc1. The minimum absolute atomic E-state index is 0.0447. The molecule has 0 aromatic heterocycles. The Hall–Kier alpha value is -1.16. The van der Waals surface area contributed by atoms with Crippen molar-refractivity contribution < 1.29 is 4.74 Å². The van der Waals surface area contributed by atoms with E-state index in [2.05, 4.69) is 12.1 Å². The Morgan fingerprint density at radius 1 is 1.05 bits per heavy atom. The zero-order valence-electron chi connectivity index (χ0n) is 11.5. The molecule has 0 saturated carbocycles. The molecule has 2 aromatic carbocycles. The number of ether oxygens (including phenoxy) is 1. The van der Waals surface area contributed by atoms with Gasteiger partial charge in [-0.15, -0.1) is 11.8 Å². The molecule has 0 spiro atoms. The molecule has 0 radical (unpaired) electrons. The van der Waals surface area contributed by atoms with Crippen molar-refractivity contribution in [1.82, 2.24) is 0 Å². The second kappa shape index (κ2) is 7.02. The van der Waals surface area contributed by atoms with Gasteiger partial charge in [-0.1, -0.05) is 23.7 Å². The summed E-state index contributed by atoms with van der Waals surface area (Å²) in [6.07, 6.45) is 0. The molecule has 0 bridgehead atoms. The van der Waals surface area contributed by atoms with Crippen LogP contribution in [0.25, 0.3) is 0 Å². The molecule has 0 aliphatic carbocycles. The topological polar surface area (TPSA) is 35.2 Å². The van der Waals surface area contributed by atoms with Gasteiger partial charge in [-0.05, 0) is 48.9 Å². The summed E-state index contributed by atoms with van der Waals surface area (Å²) in [5, 5.41) is 0.937. The molecule has 106 valence electrons. The number of thioether (sulfide) groups is 1. The smallest absolute Gasteiger partial charge is 0.118 e. The maximum Gasteiger partial charge on any atom is 0.118 e. The largest absolute Gasteiger partial charge is 0.497 e. The van der Waals surface area contributed by atoms with E-state index in [-0.39, 0.29) is 11.3 Å². The van der Waals surface area contributed by atoms with Crippen molar-refractivity contribution in [2.75, 3.05) is 7.11 Å². The summed E-state index contributed by atoms with van der Waals surface area (Å²) in [5.41, 5.74) is 7.32. The first-order valence-corrected chi connectivity index (χ1v) is 7.67. The molecule has 0 aliphatic rings. The van der Waals surface area contributed by atoms with Crippen LogP contribution in [0.15, 0.2) is 53.4 Å². The lowest BCUT2D eigenvalue weighted by molar-refractivity contribution is 0.414. The van der Waals surface area contributed by atoms with E-state index in [1.807, 2.05) is 43.3 Å². The van der Waals surface area contributed by atoms with E-state index in [1.165, 1.54) is 10.5 Å². The zero-order chi connectivity index (χ0) is 14.5. The van der Waals surface area contributed by atoms with Crippen molar-refractivity contribution in [1.29, 1.82) is 0 Å². The van der Waals surface area contributed by atoms with Crippen molar-refractivity contribution in [2.24, 2.45) is 5.73 Å². The highest BCUT2D eigenvalue weighted by Gasteiger charge is 2.17. The van der Waals surface area contributed by atoms with Crippen molar-refractivity contribution in [3.8, 4) is 5.75 Å². The molecular formula is C16H18ClNOS. The Morgan fingerprint density at radius 2 is 1.65 bits per heavy atom. The van der Waals surface area contributed by atoms with E-state index in [9.17, 15) is 0 Å². The summed E-state index contributed by atoms with van der Waals surface area (Å²) < 4.78 is 5.17. The van der Waals surface area contributed by atoms with E-state index in [4.69, 9.17) is 22.1 Å². The van der Waals surface area contributed by atoms with Crippen molar-refractivity contribution in [3.05, 3.63) is 59.1 Å². The Balaban J connectivity index is 2.18. The van der Waals surface area contributed by atoms with Crippen LogP contribution in [0, 0.1) is 0 Å². The van der Waals surface area contributed by atoms with Gasteiger partial charge in [-0.2, -0.15) is 0 Å². The van der Waals surface area contributed by atoms with Gasteiger partial charge in [0.15, 0.2) is 0 Å². The van der Waals surface area contributed by atoms with Gasteiger partial charge >= 0.3 is 0 Å². The third-order valence-electron chi connectivity index (χ3n) is 3.00. The summed E-state index contributed by atoms with van der Waals surface area (Å²) in [4.78, 5) is 1.17. The van der Waals surface area contributed by atoms with Gasteiger partial charge in [-0.3, -0.25) is 0 Å². The molecule has 2 unspecified atom stereocenters. The summed E-state index contributed by atoms with van der Waals surface area (Å²) >= 11 is 7.69. The summed E-state index contributed by atoms with van der Waals surface area (Å²) in [6.45, 7) is 2.02. The molecule has 2 rings (SSSR count). The molecule has 0 heterocycles. The van der Waals surface area contributed by atoms with Gasteiger partial charge < -0.3 is 10.5 Å². The fourth-order valence-electron chi connectivity index (χ4n) is 1.93. The van der Waals surface area contributed by atoms with Crippen LogP contribution in [0.5, 0.6) is 5.75 Å². The minimum Gasteiger partial charge on any atom is -0.497 e. The second-order valence-corrected chi connectivity index (χ2v) is 6.28. The molecule has 0 aliphatic heterocycles. The Morgan fingerprint density at radius 3 is 2.15 bits per heavy atom. The van der Waals surface area contributed by atoms with Gasteiger partial charge in [0.2, 0.25) is 0 Å². The predicted molar refractivity (Wildman–Crippen MR) is 86.7 cm³/mol. The average molecular weight is 308 g/mol. The Labute approximate surface area is 129 Å². The number of halogens is 1. The lowest BCUT2D eigenvalue weighted by Gasteiger charge is -2.21. The van der Waals surface area contributed by atoms with E-state index in [0.717, 1.165) is 10.8 Å². The fourth-order valence-corrected chi connectivity index (χ4v) is 3.15. The van der Waals surface area contributed by atoms with Crippen LogP contribution >= 0.6 is 23.4 Å². The molecular weight excluding hydrogens is 290 g/mol. The fraction of sp³-hybridized carbons (Fsp3) is 0.250. The molecule has 2 atom stereocenters. The van der Waals surface area contributed by atoms with Gasteiger partial charge in [-0.25, -0.2) is 0 Å². The molecule has 20 heavy (non-hydrogen) atoms. The van der Waals surface area contributed by atoms with Crippen molar-refractivity contribution in [2.45, 2.75) is 23.1 Å². The lowest BCUT2D eigenvalue weighted by Crippen LogP contribution is -2.22. The number of benzene rings is 2. The molecule has 2 nitrogen and oxygen atoms in total. The number of rotatable bonds is 5. The molecule has 0 saturated heterocycles. The first-order valence-electron chi connectivity index (χ1n) is 6.42. The van der Waals surface area contributed by atoms with Gasteiger partial charge in [0, 0.05) is 21.2 Å². The van der Waals surface area contributed by atoms with E-state index < -0.39 is 0 Å². The highest BCUT2D eigenvalue weighted by molar-refractivity contribution is 7.99. The third-order valence-corrected chi connectivity index (χ3v) is 4.75. The monoisotopic (exact) mass is 307 g/mol. The van der Waals surface area contributed by atoms with Crippen LogP contribution in [-0.4, -0.2) is 13.2 Å². The number of methoxy groups -OCH3 is 1. The van der Waals surface area contributed by atoms with Crippen LogP contribution in [0.3, 0.4) is 0 Å². The molecule has 2 aromatic rings. The minimum atomic E-state index is 0.0447. The molecule has 2 N–H and O–H groups in total. The van der Waals surface area contributed by atoms with Crippen molar-refractivity contribution in [3.63, 3.8) is 0 Å². The quantitative estimate of drug-likeness (QED) is 0.824. The van der Waals surface area contributed by atoms with Crippen molar-refractivity contribution >= 4 is 23.4 Å². The van der Waals surface area contributed by atoms with Crippen LogP contribution in [0.4, 0.5) is 0 Å². The van der Waals surface area contributed by atoms with Gasteiger partial charge in [0.25, 0.3) is 0 Å². The highest BCUT2D eigenvalue weighted by Crippen LogP contribution is 2.38. The molecule has 0 amide bonds. The Kier molecular flexibility index (Phi) is 5.35. The summed E-state index contributed by atoms with van der Waals surface area (Å²) in [6, 6.07) is 15.9. The average Bonchev–Trinajstić information content (AvgIpc) is 2.46. The number of hydrogen-bond acceptors (Lipinski definition) is 3. The van der Waals surface area contributed by atoms with Gasteiger partial charge in [0.05, 0.1) is 7.11 Å². The predicted octanol–water partition coefficient (Wildman–Crippen LogP) is 4.53. The van der Waals surface area contributed by atoms with Gasteiger partial charge in [0.1, 0.15) is 5.75 Å². The van der Waals surface area contributed by atoms with E-state index in [1.54, 1.807) is 18.9 Å². The van der Waals surface area contributed by atoms with Crippen LogP contribution in [-0.2, 0) is 0 Å². The van der Waals surface area contributed by atoms with E-state index in [0.29, 0.717) is 0 Å². The second-order valence-electron chi connectivity index (χ2n) is 4.62. The number of hydrogen-bond donors (Lipinski definition) is 1. The summed E-state index contributed by atoms with van der Waals surface area (Å²) in [5.74, 6) is 0.859. The summed E-state index contributed by atoms with van der Waals surface area (Å²) in [7, 11) is 1.67. The van der Waals surface area contributed by atoms with Crippen LogP contribution in [0.1, 0.15) is 17.7 Å². The first-order chi connectivity index (χ1) is 9.60. The molecule has 4 heteroatoms. The van der Waals surface area contributed by atoms with Crippen LogP contribution < -0.4 is 10.5 Å². The zero-order valence-corrected chi connectivity index (χ0v) is 13.1. The highest BCUT2D eigenvalue weighted by atomic mass is 35.5. The maximum atomic E-state index is 6.13. The maximum absolute atomic E-state index is 6.13. The third kappa shape index (κ3) is 3.92.